The molecule has 0 aromatic heterocycles. The van der Waals surface area contributed by atoms with E-state index in [4.69, 9.17) is 0 Å². The van der Waals surface area contributed by atoms with Crippen molar-refractivity contribution < 1.29 is 4.92 Å². The summed E-state index contributed by atoms with van der Waals surface area (Å²) in [7, 11) is 1.70. The van der Waals surface area contributed by atoms with Crippen LogP contribution in [-0.4, -0.2) is 24.6 Å². The van der Waals surface area contributed by atoms with E-state index in [1.165, 1.54) is 0 Å². The highest BCUT2D eigenvalue weighted by Gasteiger charge is 2.03. The summed E-state index contributed by atoms with van der Waals surface area (Å²) in [4.78, 5) is 9.40. The number of nitrogens with zero attached hydrogens (tertiary/aromatic N) is 1. The average molecular weight is 118 g/mol. The summed E-state index contributed by atoms with van der Waals surface area (Å²) in [6, 6.07) is -0.0231. The van der Waals surface area contributed by atoms with Crippen molar-refractivity contribution in [2.75, 3.05) is 13.6 Å². The molecule has 1 N–H and O–H groups in total. The maximum Gasteiger partial charge on any atom is 0.218 e. The van der Waals surface area contributed by atoms with Crippen LogP contribution in [0.1, 0.15) is 6.92 Å². The number of nitro groups is 1. The lowest BCUT2D eigenvalue weighted by Gasteiger charge is -2.01. The molecule has 0 heterocycles. The smallest absolute Gasteiger partial charge is 0.218 e. The summed E-state index contributed by atoms with van der Waals surface area (Å²) in [6.45, 7) is 1.76. The number of hydrogen-bond acceptors (Lipinski definition) is 3. The lowest BCUT2D eigenvalue weighted by molar-refractivity contribution is -0.482. The van der Waals surface area contributed by atoms with Crippen molar-refractivity contribution in [2.45, 2.75) is 13.0 Å². The summed E-state index contributed by atoms with van der Waals surface area (Å²) in [6.07, 6.45) is 0. The Balaban J connectivity index is 3.24. The second-order valence-corrected chi connectivity index (χ2v) is 1.71. The molecule has 0 amide bonds. The minimum absolute atomic E-state index is 0.00347. The molecular weight excluding hydrogens is 108 g/mol. The Hall–Kier alpha value is -0.640. The molecular formula is C4H10N2O2. The van der Waals surface area contributed by atoms with E-state index >= 15 is 0 Å². The minimum Gasteiger partial charge on any atom is -0.311 e. The largest absolute Gasteiger partial charge is 0.311 e. The van der Waals surface area contributed by atoms with Crippen LogP contribution in [0.5, 0.6) is 0 Å². The zero-order valence-electron chi connectivity index (χ0n) is 5.05. The van der Waals surface area contributed by atoms with E-state index in [1.807, 2.05) is 0 Å². The number of hydrogen-bond donors (Lipinski definition) is 1. The van der Waals surface area contributed by atoms with Gasteiger partial charge in [-0.2, -0.15) is 0 Å². The van der Waals surface area contributed by atoms with Gasteiger partial charge in [0.1, 0.15) is 0 Å². The van der Waals surface area contributed by atoms with Crippen LogP contribution < -0.4 is 5.32 Å². The van der Waals surface area contributed by atoms with Crippen molar-refractivity contribution in [1.29, 1.82) is 0 Å². The van der Waals surface area contributed by atoms with Gasteiger partial charge in [-0.05, 0) is 14.0 Å². The number of nitrogens with one attached hydrogen (secondary N) is 1. The maximum atomic E-state index is 9.73. The van der Waals surface area contributed by atoms with Crippen LogP contribution in [0.4, 0.5) is 0 Å². The fourth-order valence-corrected chi connectivity index (χ4v) is 0.315. The summed E-state index contributed by atoms with van der Waals surface area (Å²) >= 11 is 0. The minimum atomic E-state index is -0.332. The molecule has 8 heavy (non-hydrogen) atoms. The van der Waals surface area contributed by atoms with E-state index in [-0.39, 0.29) is 17.5 Å². The molecule has 0 aromatic carbocycles. The third kappa shape index (κ3) is 3.55. The number of rotatable bonds is 3. The normalized spacial score (nSPS) is 13.2. The Bertz CT molecular complexity index is 84.1. The predicted molar refractivity (Wildman–Crippen MR) is 30.4 cm³/mol. The fraction of sp³-hybridized carbons (Fsp3) is 1.00. The third-order valence-corrected chi connectivity index (χ3v) is 0.916. The summed E-state index contributed by atoms with van der Waals surface area (Å²) < 4.78 is 0. The van der Waals surface area contributed by atoms with Gasteiger partial charge in [-0.3, -0.25) is 10.1 Å². The second kappa shape index (κ2) is 3.37. The van der Waals surface area contributed by atoms with Crippen molar-refractivity contribution in [2.24, 2.45) is 0 Å². The molecule has 1 atom stereocenters. The standard InChI is InChI=1S/C4H10N2O2/c1-4(5-2)3-6(7)8/h4-5H,3H2,1-2H3. The first-order chi connectivity index (χ1) is 3.66. The van der Waals surface area contributed by atoms with Crippen molar-refractivity contribution in [1.82, 2.24) is 5.32 Å². The molecule has 1 unspecified atom stereocenters. The molecule has 0 aliphatic heterocycles. The van der Waals surface area contributed by atoms with Gasteiger partial charge in [-0.25, -0.2) is 0 Å². The molecule has 0 rings (SSSR count). The molecule has 4 nitrogen and oxygen atoms in total. The molecule has 0 saturated heterocycles. The van der Waals surface area contributed by atoms with Crippen molar-refractivity contribution in [3.05, 3.63) is 10.1 Å². The van der Waals surface area contributed by atoms with E-state index < -0.39 is 0 Å². The highest BCUT2D eigenvalue weighted by Crippen LogP contribution is 1.77. The van der Waals surface area contributed by atoms with Crippen LogP contribution in [-0.2, 0) is 0 Å². The van der Waals surface area contributed by atoms with Gasteiger partial charge in [0, 0.05) is 4.92 Å². The molecule has 0 saturated carbocycles. The monoisotopic (exact) mass is 118 g/mol. The fourth-order valence-electron chi connectivity index (χ4n) is 0.315. The Morgan fingerprint density at radius 1 is 1.88 bits per heavy atom. The van der Waals surface area contributed by atoms with E-state index in [2.05, 4.69) is 5.32 Å². The van der Waals surface area contributed by atoms with E-state index in [0.29, 0.717) is 0 Å². The molecule has 4 heteroatoms. The molecule has 0 fully saturated rings. The van der Waals surface area contributed by atoms with Crippen LogP contribution in [0, 0.1) is 10.1 Å². The molecule has 0 spiro atoms. The van der Waals surface area contributed by atoms with Gasteiger partial charge in [0.15, 0.2) is 0 Å². The quantitative estimate of drug-likeness (QED) is 0.415. The Kier molecular flexibility index (Phi) is 3.10. The van der Waals surface area contributed by atoms with Crippen LogP contribution >= 0.6 is 0 Å². The molecule has 0 bridgehead atoms. The lowest BCUT2D eigenvalue weighted by Crippen LogP contribution is -2.29. The van der Waals surface area contributed by atoms with Crippen molar-refractivity contribution >= 4 is 0 Å². The number of likely N-dealkylation sites (N-methyl/N-ethyl adjacent to an activating group) is 1. The first-order valence-electron chi connectivity index (χ1n) is 2.46. The third-order valence-electron chi connectivity index (χ3n) is 0.916. The Morgan fingerprint density at radius 3 is 2.50 bits per heavy atom. The van der Waals surface area contributed by atoms with Crippen molar-refractivity contribution in [3.8, 4) is 0 Å². The van der Waals surface area contributed by atoms with Crippen LogP contribution in [0.25, 0.3) is 0 Å². The molecule has 0 aromatic rings. The first kappa shape index (κ1) is 7.36. The predicted octanol–water partition coefficient (Wildman–Crippen LogP) is -0.129. The van der Waals surface area contributed by atoms with Crippen molar-refractivity contribution in [3.63, 3.8) is 0 Å². The zero-order valence-corrected chi connectivity index (χ0v) is 5.05. The highest BCUT2D eigenvalue weighted by atomic mass is 16.6. The van der Waals surface area contributed by atoms with E-state index in [9.17, 15) is 10.1 Å². The molecule has 0 aliphatic rings. The van der Waals surface area contributed by atoms with Gasteiger partial charge in [0.05, 0.1) is 6.04 Å². The lowest BCUT2D eigenvalue weighted by atomic mass is 10.4. The van der Waals surface area contributed by atoms with Gasteiger partial charge in [-0.15, -0.1) is 0 Å². The van der Waals surface area contributed by atoms with Crippen LogP contribution in [0.2, 0.25) is 0 Å². The van der Waals surface area contributed by atoms with Crippen LogP contribution in [0.15, 0.2) is 0 Å². The van der Waals surface area contributed by atoms with E-state index in [0.717, 1.165) is 0 Å². The van der Waals surface area contributed by atoms with Gasteiger partial charge >= 0.3 is 0 Å². The Morgan fingerprint density at radius 2 is 2.38 bits per heavy atom. The van der Waals surface area contributed by atoms with Gasteiger partial charge in [0.25, 0.3) is 0 Å². The van der Waals surface area contributed by atoms with Crippen LogP contribution in [0.3, 0.4) is 0 Å². The SMILES string of the molecule is CNC(C)C[N+](=O)[O-]. The zero-order chi connectivity index (χ0) is 6.57. The average Bonchev–Trinajstić information content (AvgIpc) is 1.65. The van der Waals surface area contributed by atoms with Gasteiger partial charge < -0.3 is 5.32 Å². The second-order valence-electron chi connectivity index (χ2n) is 1.71. The molecule has 48 valence electrons. The molecule has 0 radical (unpaired) electrons. The summed E-state index contributed by atoms with van der Waals surface area (Å²) in [5, 5.41) is 12.5. The van der Waals surface area contributed by atoms with E-state index in [1.54, 1.807) is 14.0 Å². The topological polar surface area (TPSA) is 55.2 Å². The Labute approximate surface area is 48.0 Å². The summed E-state index contributed by atoms with van der Waals surface area (Å²) in [5.74, 6) is 0. The maximum absolute atomic E-state index is 9.73. The summed E-state index contributed by atoms with van der Waals surface area (Å²) in [5.41, 5.74) is 0. The molecule has 0 aliphatic carbocycles. The highest BCUT2D eigenvalue weighted by molar-refractivity contribution is 4.51. The van der Waals surface area contributed by atoms with Gasteiger partial charge in [-0.1, -0.05) is 0 Å². The first-order valence-corrected chi connectivity index (χ1v) is 2.46. The van der Waals surface area contributed by atoms with Gasteiger partial charge in [0.2, 0.25) is 6.54 Å².